The maximum atomic E-state index is 11.1. The highest BCUT2D eigenvalue weighted by Crippen LogP contribution is 2.18. The minimum atomic E-state index is -1.08. The first kappa shape index (κ1) is 11.8. The molecule has 0 bridgehead atoms. The monoisotopic (exact) mass is 263 g/mol. The van der Waals surface area contributed by atoms with E-state index in [1.807, 2.05) is 0 Å². The summed E-state index contributed by atoms with van der Waals surface area (Å²) < 4.78 is 6.89. The first-order chi connectivity index (χ1) is 9.15. The van der Waals surface area contributed by atoms with Crippen LogP contribution in [0.25, 0.3) is 5.65 Å². The van der Waals surface area contributed by atoms with Crippen LogP contribution in [0.15, 0.2) is 6.20 Å². The van der Waals surface area contributed by atoms with E-state index in [0.29, 0.717) is 30.5 Å². The number of carboxylic acids is 1. The molecule has 3 rings (SSSR count). The number of hydrogen-bond acceptors (Lipinski definition) is 6. The van der Waals surface area contributed by atoms with E-state index < -0.39 is 5.97 Å². The van der Waals surface area contributed by atoms with Gasteiger partial charge in [0.15, 0.2) is 11.5 Å². The second-order valence-corrected chi connectivity index (χ2v) is 4.43. The van der Waals surface area contributed by atoms with E-state index in [2.05, 4.69) is 20.5 Å². The molecule has 0 spiro atoms. The standard InChI is InChI=1S/C11H13N5O3/c1-6-14-15-10-9(12-7-2-3-19-5-7)13-8(11(17)18)4-16(6)10/h4,7H,2-3,5H2,1H3,(H,12,13)(H,17,18)/t7-/m1/s1. The highest BCUT2D eigenvalue weighted by atomic mass is 16.5. The fourth-order valence-corrected chi connectivity index (χ4v) is 2.05. The van der Waals surface area contributed by atoms with Gasteiger partial charge in [0, 0.05) is 12.8 Å². The zero-order valence-electron chi connectivity index (χ0n) is 10.3. The summed E-state index contributed by atoms with van der Waals surface area (Å²) in [6, 6.07) is 0.123. The lowest BCUT2D eigenvalue weighted by Crippen LogP contribution is -2.21. The van der Waals surface area contributed by atoms with Gasteiger partial charge < -0.3 is 15.2 Å². The average Bonchev–Trinajstić information content (AvgIpc) is 3.00. The zero-order valence-corrected chi connectivity index (χ0v) is 10.3. The van der Waals surface area contributed by atoms with E-state index in [-0.39, 0.29) is 11.7 Å². The lowest BCUT2D eigenvalue weighted by Gasteiger charge is -2.12. The van der Waals surface area contributed by atoms with Gasteiger partial charge in [-0.1, -0.05) is 0 Å². The lowest BCUT2D eigenvalue weighted by molar-refractivity contribution is 0.0690. The Kier molecular flexibility index (Phi) is 2.79. The van der Waals surface area contributed by atoms with Gasteiger partial charge in [0.1, 0.15) is 5.82 Å². The van der Waals surface area contributed by atoms with Gasteiger partial charge in [0.25, 0.3) is 0 Å². The predicted molar refractivity (Wildman–Crippen MR) is 65.3 cm³/mol. The number of aromatic carboxylic acids is 1. The van der Waals surface area contributed by atoms with Crippen LogP contribution in [-0.2, 0) is 4.74 Å². The number of aromatic nitrogens is 4. The Morgan fingerprint density at radius 2 is 2.42 bits per heavy atom. The number of carboxylic acid groups (broad SMARTS) is 1. The Labute approximate surface area is 108 Å². The van der Waals surface area contributed by atoms with E-state index >= 15 is 0 Å². The van der Waals surface area contributed by atoms with Crippen LogP contribution in [0.1, 0.15) is 22.7 Å². The maximum Gasteiger partial charge on any atom is 0.356 e. The van der Waals surface area contributed by atoms with Crippen LogP contribution in [0.3, 0.4) is 0 Å². The molecule has 1 aliphatic rings. The Balaban J connectivity index is 2.07. The minimum Gasteiger partial charge on any atom is -0.476 e. The van der Waals surface area contributed by atoms with Crippen molar-refractivity contribution in [3.05, 3.63) is 17.7 Å². The number of carbonyl (C=O) groups is 1. The Hall–Kier alpha value is -2.22. The van der Waals surface area contributed by atoms with E-state index in [1.165, 1.54) is 6.20 Å². The van der Waals surface area contributed by atoms with Gasteiger partial charge in [0.2, 0.25) is 5.65 Å². The number of fused-ring (bicyclic) bond motifs is 1. The first-order valence-electron chi connectivity index (χ1n) is 5.95. The molecule has 0 amide bonds. The van der Waals surface area contributed by atoms with E-state index in [9.17, 15) is 4.79 Å². The molecule has 0 unspecified atom stereocenters. The largest absolute Gasteiger partial charge is 0.476 e. The van der Waals surface area contributed by atoms with Crippen molar-refractivity contribution in [1.29, 1.82) is 0 Å². The molecular formula is C11H13N5O3. The number of rotatable bonds is 3. The van der Waals surface area contributed by atoms with Crippen molar-refractivity contribution >= 4 is 17.4 Å². The van der Waals surface area contributed by atoms with E-state index in [1.54, 1.807) is 11.3 Å². The Bertz CT molecular complexity index is 633. The predicted octanol–water partition coefficient (Wildman–Crippen LogP) is 0.332. The number of aryl methyl sites for hydroxylation is 1. The average molecular weight is 263 g/mol. The normalized spacial score (nSPS) is 18.9. The van der Waals surface area contributed by atoms with Crippen LogP contribution in [0, 0.1) is 6.92 Å². The second kappa shape index (κ2) is 4.47. The molecule has 1 aliphatic heterocycles. The molecule has 8 heteroatoms. The molecule has 1 fully saturated rings. The smallest absolute Gasteiger partial charge is 0.356 e. The summed E-state index contributed by atoms with van der Waals surface area (Å²) in [4.78, 5) is 15.2. The Morgan fingerprint density at radius 1 is 1.58 bits per heavy atom. The van der Waals surface area contributed by atoms with Crippen molar-refractivity contribution in [1.82, 2.24) is 19.6 Å². The maximum absolute atomic E-state index is 11.1. The molecule has 0 radical (unpaired) electrons. The minimum absolute atomic E-state index is 0.0446. The molecular weight excluding hydrogens is 250 g/mol. The van der Waals surface area contributed by atoms with Gasteiger partial charge in [-0.15, -0.1) is 10.2 Å². The summed E-state index contributed by atoms with van der Waals surface area (Å²) in [5, 5.41) is 20.2. The summed E-state index contributed by atoms with van der Waals surface area (Å²) in [6.45, 7) is 3.03. The quantitative estimate of drug-likeness (QED) is 0.822. The molecule has 100 valence electrons. The van der Waals surface area contributed by atoms with Crippen LogP contribution in [0.2, 0.25) is 0 Å². The third-order valence-electron chi connectivity index (χ3n) is 3.05. The SMILES string of the molecule is Cc1nnc2c(N[C@@H]3CCOC3)nc(C(=O)O)cn12. The molecule has 2 N–H and O–H groups in total. The molecule has 0 aliphatic carbocycles. The number of anilines is 1. The third kappa shape index (κ3) is 2.10. The molecule has 2 aromatic rings. The molecule has 8 nitrogen and oxygen atoms in total. The summed E-state index contributed by atoms with van der Waals surface area (Å²) in [7, 11) is 0. The molecule has 0 aromatic carbocycles. The van der Waals surface area contributed by atoms with Crippen LogP contribution in [-0.4, -0.2) is 49.9 Å². The summed E-state index contributed by atoms with van der Waals surface area (Å²) in [5.41, 5.74) is 0.478. The van der Waals surface area contributed by atoms with Crippen molar-refractivity contribution < 1.29 is 14.6 Å². The van der Waals surface area contributed by atoms with Gasteiger partial charge in [-0.25, -0.2) is 9.78 Å². The van der Waals surface area contributed by atoms with Gasteiger partial charge in [-0.3, -0.25) is 4.40 Å². The van der Waals surface area contributed by atoms with Gasteiger partial charge in [-0.05, 0) is 13.3 Å². The molecule has 2 aromatic heterocycles. The highest BCUT2D eigenvalue weighted by molar-refractivity contribution is 5.86. The fraction of sp³-hybridized carbons (Fsp3) is 0.455. The van der Waals surface area contributed by atoms with Crippen molar-refractivity contribution in [2.24, 2.45) is 0 Å². The van der Waals surface area contributed by atoms with Crippen molar-refractivity contribution in [2.75, 3.05) is 18.5 Å². The van der Waals surface area contributed by atoms with Crippen LogP contribution in [0.4, 0.5) is 5.82 Å². The van der Waals surface area contributed by atoms with Crippen molar-refractivity contribution in [3.8, 4) is 0 Å². The summed E-state index contributed by atoms with van der Waals surface area (Å²) in [6.07, 6.45) is 2.28. The first-order valence-corrected chi connectivity index (χ1v) is 5.95. The van der Waals surface area contributed by atoms with E-state index in [4.69, 9.17) is 9.84 Å². The van der Waals surface area contributed by atoms with Crippen LogP contribution >= 0.6 is 0 Å². The van der Waals surface area contributed by atoms with Gasteiger partial charge in [0.05, 0.1) is 12.6 Å². The van der Waals surface area contributed by atoms with Crippen LogP contribution < -0.4 is 5.32 Å². The number of nitrogens with one attached hydrogen (secondary N) is 1. The van der Waals surface area contributed by atoms with Crippen molar-refractivity contribution in [3.63, 3.8) is 0 Å². The van der Waals surface area contributed by atoms with Gasteiger partial charge in [-0.2, -0.15) is 0 Å². The number of ether oxygens (including phenoxy) is 1. The molecule has 1 saturated heterocycles. The summed E-state index contributed by atoms with van der Waals surface area (Å²) in [5.74, 6) is -0.0395. The highest BCUT2D eigenvalue weighted by Gasteiger charge is 2.20. The molecule has 19 heavy (non-hydrogen) atoms. The van der Waals surface area contributed by atoms with Crippen molar-refractivity contribution in [2.45, 2.75) is 19.4 Å². The second-order valence-electron chi connectivity index (χ2n) is 4.43. The van der Waals surface area contributed by atoms with Crippen LogP contribution in [0.5, 0.6) is 0 Å². The molecule has 3 heterocycles. The van der Waals surface area contributed by atoms with Gasteiger partial charge >= 0.3 is 5.97 Å². The Morgan fingerprint density at radius 3 is 3.11 bits per heavy atom. The molecule has 0 saturated carbocycles. The molecule has 1 atom stereocenters. The number of nitrogens with zero attached hydrogens (tertiary/aromatic N) is 4. The summed E-state index contributed by atoms with van der Waals surface area (Å²) >= 11 is 0. The zero-order chi connectivity index (χ0) is 13.4. The topological polar surface area (TPSA) is 102 Å². The fourth-order valence-electron chi connectivity index (χ4n) is 2.05. The van der Waals surface area contributed by atoms with E-state index in [0.717, 1.165) is 6.42 Å². The third-order valence-corrected chi connectivity index (χ3v) is 3.05. The lowest BCUT2D eigenvalue weighted by atomic mass is 10.2. The number of hydrogen-bond donors (Lipinski definition) is 2.